The first-order chi connectivity index (χ1) is 12.3. The van der Waals surface area contributed by atoms with Crippen LogP contribution in [0.25, 0.3) is 10.4 Å². The fourth-order valence-electron chi connectivity index (χ4n) is 2.18. The van der Waals surface area contributed by atoms with E-state index in [1.54, 1.807) is 19.2 Å². The van der Waals surface area contributed by atoms with Crippen LogP contribution < -0.4 is 5.32 Å². The summed E-state index contributed by atoms with van der Waals surface area (Å²) >= 11 is 6.99. The lowest BCUT2D eigenvalue weighted by Gasteiger charge is -2.09. The number of carbonyl (C=O) groups excluding carboxylic acids is 1. The number of nitrogens with one attached hydrogen (secondary N) is 1. The number of amides is 1. The van der Waals surface area contributed by atoms with Gasteiger partial charge in [0.15, 0.2) is 5.01 Å². The second-order valence-electron chi connectivity index (χ2n) is 5.37. The van der Waals surface area contributed by atoms with Crippen molar-refractivity contribution in [3.8, 4) is 10.4 Å². The molecule has 0 bridgehead atoms. The zero-order chi connectivity index (χ0) is 18.9. The van der Waals surface area contributed by atoms with Crippen molar-refractivity contribution in [3.05, 3.63) is 64.0 Å². The molecule has 0 radical (unpaired) electrons. The van der Waals surface area contributed by atoms with Gasteiger partial charge < -0.3 is 5.32 Å². The molecule has 26 heavy (non-hydrogen) atoms. The number of anilines is 1. The maximum absolute atomic E-state index is 12.9. The number of aryl methyl sites for hydroxylation is 1. The molecule has 3 aromatic rings. The Labute approximate surface area is 155 Å². The minimum atomic E-state index is -4.48. The van der Waals surface area contributed by atoms with E-state index >= 15 is 0 Å². The molecule has 3 rings (SSSR count). The van der Waals surface area contributed by atoms with Crippen LogP contribution >= 0.6 is 22.9 Å². The molecule has 1 amide bonds. The van der Waals surface area contributed by atoms with Gasteiger partial charge in [0.25, 0.3) is 5.91 Å². The molecule has 0 spiro atoms. The molecule has 4 nitrogen and oxygen atoms in total. The van der Waals surface area contributed by atoms with Crippen molar-refractivity contribution < 1.29 is 18.0 Å². The molecule has 0 unspecified atom stereocenters. The standard InChI is InChI=1S/C17H11ClF3N3OS/c1-9-7-22-5-4-13(9)24-15(25)16-23-8-14(26-16)11-6-10(17(19,20)21)2-3-12(11)18/h2-8H,1H3,(H,22,24,25). The first-order valence-electron chi connectivity index (χ1n) is 7.30. The van der Waals surface area contributed by atoms with Gasteiger partial charge in [-0.3, -0.25) is 9.78 Å². The predicted octanol–water partition coefficient (Wildman–Crippen LogP) is 5.44. The predicted molar refractivity (Wildman–Crippen MR) is 94.5 cm³/mol. The van der Waals surface area contributed by atoms with Gasteiger partial charge in [0.05, 0.1) is 10.4 Å². The van der Waals surface area contributed by atoms with Crippen LogP contribution in [0.15, 0.2) is 42.9 Å². The molecule has 9 heteroatoms. The van der Waals surface area contributed by atoms with Gasteiger partial charge in [0.1, 0.15) is 0 Å². The second kappa shape index (κ2) is 7.05. The van der Waals surface area contributed by atoms with Gasteiger partial charge in [-0.1, -0.05) is 11.6 Å². The van der Waals surface area contributed by atoms with Crippen LogP contribution in [0.1, 0.15) is 20.9 Å². The molecule has 0 fully saturated rings. The van der Waals surface area contributed by atoms with E-state index in [-0.39, 0.29) is 15.6 Å². The minimum Gasteiger partial charge on any atom is -0.320 e. The summed E-state index contributed by atoms with van der Waals surface area (Å²) in [5.41, 5.74) is 0.722. The third-order valence-corrected chi connectivity index (χ3v) is 4.89. The zero-order valence-corrected chi connectivity index (χ0v) is 14.8. The molecular weight excluding hydrogens is 387 g/mol. The summed E-state index contributed by atoms with van der Waals surface area (Å²) in [7, 11) is 0. The molecule has 0 saturated heterocycles. The van der Waals surface area contributed by atoms with Gasteiger partial charge in [-0.2, -0.15) is 13.2 Å². The lowest BCUT2D eigenvalue weighted by Crippen LogP contribution is -2.12. The summed E-state index contributed by atoms with van der Waals surface area (Å²) in [4.78, 5) is 20.6. The monoisotopic (exact) mass is 397 g/mol. The van der Waals surface area contributed by atoms with Crippen LogP contribution in [0.4, 0.5) is 18.9 Å². The molecule has 134 valence electrons. The van der Waals surface area contributed by atoms with E-state index in [0.717, 1.165) is 29.0 Å². The normalized spacial score (nSPS) is 11.4. The van der Waals surface area contributed by atoms with E-state index < -0.39 is 17.6 Å². The van der Waals surface area contributed by atoms with Crippen LogP contribution in [0.3, 0.4) is 0 Å². The Bertz CT molecular complexity index is 972. The van der Waals surface area contributed by atoms with Gasteiger partial charge in [0.2, 0.25) is 0 Å². The Morgan fingerprint density at radius 2 is 2.00 bits per heavy atom. The third-order valence-electron chi connectivity index (χ3n) is 3.53. The SMILES string of the molecule is Cc1cnccc1NC(=O)c1ncc(-c2cc(C(F)(F)F)ccc2Cl)s1. The summed E-state index contributed by atoms with van der Waals surface area (Å²) in [6.45, 7) is 1.79. The van der Waals surface area contributed by atoms with Crippen LogP contribution in [0.5, 0.6) is 0 Å². The molecule has 0 aliphatic heterocycles. The maximum Gasteiger partial charge on any atom is 0.416 e. The van der Waals surface area contributed by atoms with E-state index in [1.165, 1.54) is 18.5 Å². The minimum absolute atomic E-state index is 0.115. The maximum atomic E-state index is 12.9. The van der Waals surface area contributed by atoms with Crippen molar-refractivity contribution in [2.24, 2.45) is 0 Å². The average Bonchev–Trinajstić information content (AvgIpc) is 3.06. The van der Waals surface area contributed by atoms with Gasteiger partial charge in [0, 0.05) is 34.9 Å². The molecule has 2 aromatic heterocycles. The average molecular weight is 398 g/mol. The number of rotatable bonds is 3. The number of alkyl halides is 3. The number of hydrogen-bond donors (Lipinski definition) is 1. The summed E-state index contributed by atoms with van der Waals surface area (Å²) in [5, 5.41) is 2.96. The van der Waals surface area contributed by atoms with Crippen molar-refractivity contribution in [3.63, 3.8) is 0 Å². The summed E-state index contributed by atoms with van der Waals surface area (Å²) in [5.74, 6) is -0.460. The molecule has 1 N–H and O–H groups in total. The van der Waals surface area contributed by atoms with E-state index in [1.807, 2.05) is 0 Å². The van der Waals surface area contributed by atoms with Gasteiger partial charge in [-0.25, -0.2) is 4.98 Å². The highest BCUT2D eigenvalue weighted by molar-refractivity contribution is 7.17. The van der Waals surface area contributed by atoms with E-state index in [0.29, 0.717) is 10.6 Å². The van der Waals surface area contributed by atoms with Crippen molar-refractivity contribution in [2.75, 3.05) is 5.32 Å². The number of pyridine rings is 1. The van der Waals surface area contributed by atoms with Gasteiger partial charge in [-0.05, 0) is 36.8 Å². The van der Waals surface area contributed by atoms with Crippen LogP contribution in [0.2, 0.25) is 5.02 Å². The molecule has 0 aliphatic carbocycles. The lowest BCUT2D eigenvalue weighted by atomic mass is 10.1. The van der Waals surface area contributed by atoms with Crippen molar-refractivity contribution in [1.82, 2.24) is 9.97 Å². The lowest BCUT2D eigenvalue weighted by molar-refractivity contribution is -0.137. The number of aromatic nitrogens is 2. The van der Waals surface area contributed by atoms with Crippen molar-refractivity contribution in [1.29, 1.82) is 0 Å². The summed E-state index contributed by atoms with van der Waals surface area (Å²) in [6, 6.07) is 4.68. The molecular formula is C17H11ClF3N3OS. The molecule has 0 saturated carbocycles. The van der Waals surface area contributed by atoms with Gasteiger partial charge >= 0.3 is 6.18 Å². The summed E-state index contributed by atoms with van der Waals surface area (Å²) < 4.78 is 38.7. The Morgan fingerprint density at radius 1 is 1.23 bits per heavy atom. The highest BCUT2D eigenvalue weighted by Gasteiger charge is 2.31. The smallest absolute Gasteiger partial charge is 0.320 e. The number of benzene rings is 1. The quantitative estimate of drug-likeness (QED) is 0.640. The first kappa shape index (κ1) is 18.3. The highest BCUT2D eigenvalue weighted by Crippen LogP contribution is 2.37. The zero-order valence-electron chi connectivity index (χ0n) is 13.3. The Balaban J connectivity index is 1.88. The number of nitrogens with zero attached hydrogens (tertiary/aromatic N) is 2. The van der Waals surface area contributed by atoms with E-state index in [2.05, 4.69) is 15.3 Å². The Kier molecular flexibility index (Phi) is 4.97. The molecule has 0 aliphatic rings. The van der Waals surface area contributed by atoms with Crippen LogP contribution in [-0.2, 0) is 6.18 Å². The van der Waals surface area contributed by atoms with Crippen LogP contribution in [0, 0.1) is 6.92 Å². The number of hydrogen-bond acceptors (Lipinski definition) is 4. The number of carbonyl (C=O) groups is 1. The number of halogens is 4. The Hall–Kier alpha value is -2.45. The fourth-order valence-corrected chi connectivity index (χ4v) is 3.30. The Morgan fingerprint density at radius 3 is 2.69 bits per heavy atom. The largest absolute Gasteiger partial charge is 0.416 e. The van der Waals surface area contributed by atoms with E-state index in [4.69, 9.17) is 11.6 Å². The third kappa shape index (κ3) is 3.86. The van der Waals surface area contributed by atoms with Crippen LogP contribution in [-0.4, -0.2) is 15.9 Å². The molecule has 0 atom stereocenters. The molecule has 2 heterocycles. The number of thiazole rings is 1. The fraction of sp³-hybridized carbons (Fsp3) is 0.118. The van der Waals surface area contributed by atoms with E-state index in [9.17, 15) is 18.0 Å². The highest BCUT2D eigenvalue weighted by atomic mass is 35.5. The first-order valence-corrected chi connectivity index (χ1v) is 8.50. The van der Waals surface area contributed by atoms with Gasteiger partial charge in [-0.15, -0.1) is 11.3 Å². The molecule has 1 aromatic carbocycles. The van der Waals surface area contributed by atoms with Crippen molar-refractivity contribution in [2.45, 2.75) is 13.1 Å². The summed E-state index contributed by atoms with van der Waals surface area (Å²) in [6.07, 6.45) is -0.00689. The topological polar surface area (TPSA) is 54.9 Å². The van der Waals surface area contributed by atoms with Crippen molar-refractivity contribution >= 4 is 34.5 Å². The second-order valence-corrected chi connectivity index (χ2v) is 6.80.